The van der Waals surface area contributed by atoms with Crippen LogP contribution in [0.3, 0.4) is 0 Å². The molecule has 0 aromatic rings. The van der Waals surface area contributed by atoms with E-state index in [-0.39, 0.29) is 167 Å². The summed E-state index contributed by atoms with van der Waals surface area (Å²) in [5.74, 6) is -15.9. The molecule has 726 valence electrons. The second-order valence-corrected chi connectivity index (χ2v) is 36.5. The molecule has 0 spiro atoms. The predicted molar refractivity (Wildman–Crippen MR) is 451 cm³/mol. The second kappa shape index (κ2) is 43.3. The zero-order valence-corrected chi connectivity index (χ0v) is 74.0. The SMILES string of the molecule is O=C(O)CNC(=O)[C@@H]1C[C@@H](O)CN1C(=O)[C@@H]1CCCN1C(=O)CNC(=O)[C@H](CS)NC(=O)[C@@H]1CCCN1C(=O)CNC(=O)[C@@H]1C[C@@H](O)CN1C(=O)[C@@H]1CCCN1C(=O)CNC(=O)[C@@H]1C[C@@H](O)CN1C(=O)[C@@H]1CCCN1C(=O)CNC(=O)[C@@H]1C[C@@H](O)CN1C(=O)[C@@H]1CCCN1C(=O)CNC(=O)[C@@H]1C[C@@H](O)CN1C(=O)[C@@H]1CCCN1C(=O)CNC(=O)[C@@H]1C[C@@H](O)CN1C(=O)[C@@H]1CCCN1. The van der Waals surface area contributed by atoms with Crippen LogP contribution in [0.5, 0.6) is 0 Å². The van der Waals surface area contributed by atoms with Gasteiger partial charge in [0.15, 0.2) is 0 Å². The molecule has 13 aliphatic heterocycles. The summed E-state index contributed by atoms with van der Waals surface area (Å²) in [5.41, 5.74) is 0. The van der Waals surface area contributed by atoms with Gasteiger partial charge >= 0.3 is 5.97 Å². The van der Waals surface area contributed by atoms with E-state index < -0.39 is 285 Å². The molecule has 0 aliphatic carbocycles. The number of rotatable bonds is 30. The van der Waals surface area contributed by atoms with Gasteiger partial charge in [0.1, 0.15) is 85.1 Å². The van der Waals surface area contributed by atoms with Crippen molar-refractivity contribution in [2.24, 2.45) is 0 Å². The van der Waals surface area contributed by atoms with E-state index in [0.717, 1.165) is 30.9 Å². The van der Waals surface area contributed by atoms with Crippen molar-refractivity contribution in [1.29, 1.82) is 0 Å². The van der Waals surface area contributed by atoms with Crippen LogP contribution in [-0.4, -0.2) is 477 Å². The largest absolute Gasteiger partial charge is 0.480 e. The number of likely N-dealkylation sites (tertiary alicyclic amines) is 12. The minimum atomic E-state index is -1.35. The number of β-amino-alcohol motifs (C(OH)–C–C–N with tert-alkyl or cyclic N) is 6. The zero-order chi connectivity index (χ0) is 95.0. The van der Waals surface area contributed by atoms with Gasteiger partial charge in [-0.2, -0.15) is 12.6 Å². The lowest BCUT2D eigenvalue weighted by Crippen LogP contribution is -2.57. The molecule has 0 bridgehead atoms. The lowest BCUT2D eigenvalue weighted by atomic mass is 10.1. The number of carbonyl (C=O) groups is 21. The van der Waals surface area contributed by atoms with Gasteiger partial charge < -0.3 is 142 Å². The summed E-state index contributed by atoms with van der Waals surface area (Å²) in [5, 5.41) is 96.2. The van der Waals surface area contributed by atoms with Crippen molar-refractivity contribution >= 4 is 137 Å². The second-order valence-electron chi connectivity index (χ2n) is 36.2. The Labute approximate surface area is 762 Å². The van der Waals surface area contributed by atoms with Gasteiger partial charge in [-0.3, -0.25) is 101 Å². The number of hydrogen-bond acceptors (Lipinski definition) is 29. The predicted octanol–water partition coefficient (Wildman–Crippen LogP) is -13.2. The Morgan fingerprint density at radius 3 is 0.735 bits per heavy atom. The minimum Gasteiger partial charge on any atom is -0.480 e. The summed E-state index contributed by atoms with van der Waals surface area (Å²) in [6.07, 6.45) is -3.68. The van der Waals surface area contributed by atoms with Crippen LogP contribution in [-0.2, 0) is 101 Å². The number of carbonyl (C=O) groups excluding carboxylic acids is 20. The van der Waals surface area contributed by atoms with Crippen LogP contribution in [0.4, 0.5) is 0 Å². The highest BCUT2D eigenvalue weighted by Gasteiger charge is 2.53. The van der Waals surface area contributed by atoms with Gasteiger partial charge in [-0.15, -0.1) is 0 Å². The smallest absolute Gasteiger partial charge is 0.322 e. The number of hydrogen-bond donors (Lipinski definition) is 17. The number of nitrogens with zero attached hydrogens (tertiary/aromatic N) is 12. The third-order valence-corrected chi connectivity index (χ3v) is 27.8. The molecule has 0 saturated carbocycles. The normalized spacial score (nSPS) is 30.0. The monoisotopic (exact) mass is 1880 g/mol. The molecule has 0 radical (unpaired) electrons. The third-order valence-electron chi connectivity index (χ3n) is 27.4. The molecule has 49 nitrogen and oxygen atoms in total. The topological polar surface area (TPSA) is 647 Å². The van der Waals surface area contributed by atoms with Crippen molar-refractivity contribution in [2.75, 3.05) is 137 Å². The average Bonchev–Trinajstić information content (AvgIpc) is 1.67. The lowest BCUT2D eigenvalue weighted by Gasteiger charge is -2.32. The molecule has 13 heterocycles. The summed E-state index contributed by atoms with van der Waals surface area (Å²) in [7, 11) is 0. The molecular formula is C82H119N21O28S. The van der Waals surface area contributed by atoms with Crippen LogP contribution in [0.1, 0.15) is 128 Å². The summed E-state index contributed by atoms with van der Waals surface area (Å²) < 4.78 is 0. The van der Waals surface area contributed by atoms with Crippen LogP contribution in [0.2, 0.25) is 0 Å². The van der Waals surface area contributed by atoms with Crippen molar-refractivity contribution in [3.8, 4) is 0 Å². The quantitative estimate of drug-likeness (QED) is 0.0297. The molecule has 13 saturated heterocycles. The van der Waals surface area contributed by atoms with E-state index in [0.29, 0.717) is 51.5 Å². The molecule has 13 rings (SSSR count). The van der Waals surface area contributed by atoms with Gasteiger partial charge in [0.25, 0.3) is 0 Å². The third kappa shape index (κ3) is 22.2. The maximum Gasteiger partial charge on any atom is 0.322 e. The van der Waals surface area contributed by atoms with Crippen molar-refractivity contribution in [3.63, 3.8) is 0 Å². The molecule has 0 unspecified atom stereocenters. The van der Waals surface area contributed by atoms with Gasteiger partial charge in [-0.05, 0) is 96.4 Å². The first-order valence-corrected chi connectivity index (χ1v) is 46.1. The standard InChI is InChI=1S/C82H119N21O28S/c104-42-22-56(98(35-42)77(126)48-8-1-15-83-48)70(119)86-30-64(112)94-18-4-11-52(94)79(128)100-37-44(106)24-58(100)72(121)88-32-66(114)96-20-6-13-54(96)81(130)102-39-46(108)26-60(102)74(123)89-33-67(115)97-21-7-14-55(97)80(129)101-38-45(107)25-59(101)73(122)87-31-65(113)95-19-5-12-53(95)78(127)99-36-43(105)23-57(99)71(120)85-29-62(110)92-16-2-9-50(92)76(125)91-49(41-132)69(118)84-28-63(111)93-17-3-10-51(93)82(131)103-40-47(109)27-61(103)75(124)90-34-68(116)117/h42-61,83,104-109,132H,1-41H2,(H,84,118)(H,85,120)(H,86,119)(H,87,122)(H,88,121)(H,89,123)(H,90,124)(H,91,125)(H,116,117)/t42-,43-,44-,45-,46-,47-,48+,49+,50+,51+,52+,53+,54+,55+,56+,57+,58+,59+,60+,61+/m1/s1. The summed E-state index contributed by atoms with van der Waals surface area (Å²) in [6, 6.07) is -16.1. The number of carboxylic acid groups (broad SMARTS) is 1. The molecule has 13 fully saturated rings. The lowest BCUT2D eigenvalue weighted by molar-refractivity contribution is -0.148. The van der Waals surface area contributed by atoms with Gasteiger partial charge in [0, 0.05) is 123 Å². The first kappa shape index (κ1) is 98.4. The number of thiol groups is 1. The molecular weight excluding hydrogens is 1760 g/mol. The van der Waals surface area contributed by atoms with Crippen LogP contribution in [0.15, 0.2) is 0 Å². The Bertz CT molecular complexity index is 4490. The number of aliphatic hydroxyl groups excluding tert-OH is 6. The van der Waals surface area contributed by atoms with Gasteiger partial charge in [0.2, 0.25) is 118 Å². The Hall–Kier alpha value is -11.1. The van der Waals surface area contributed by atoms with E-state index in [4.69, 9.17) is 5.11 Å². The molecule has 50 heteroatoms. The minimum absolute atomic E-state index is 0.0271. The molecule has 20 atom stereocenters. The zero-order valence-electron chi connectivity index (χ0n) is 73.1. The maximum absolute atomic E-state index is 14.5. The van der Waals surface area contributed by atoms with E-state index in [1.165, 1.54) is 34.3 Å². The van der Waals surface area contributed by atoms with Crippen molar-refractivity contribution in [1.82, 2.24) is 107 Å². The summed E-state index contributed by atoms with van der Waals surface area (Å²) in [4.78, 5) is 302. The van der Waals surface area contributed by atoms with E-state index in [9.17, 15) is 131 Å². The number of amides is 20. The van der Waals surface area contributed by atoms with Gasteiger partial charge in [-0.1, -0.05) is 0 Å². The number of aliphatic hydroxyl groups is 6. The van der Waals surface area contributed by atoms with Gasteiger partial charge in [0.05, 0.1) is 81.9 Å². The molecule has 16 N–H and O–H groups in total. The number of carboxylic acids is 1. The highest BCUT2D eigenvalue weighted by atomic mass is 32.1. The summed E-state index contributed by atoms with van der Waals surface area (Å²) in [6.45, 7) is -5.06. The first-order chi connectivity index (χ1) is 63.0. The summed E-state index contributed by atoms with van der Waals surface area (Å²) >= 11 is 4.23. The highest BCUT2D eigenvalue weighted by molar-refractivity contribution is 7.80. The fraction of sp³-hybridized carbons (Fsp3) is 0.744. The Morgan fingerprint density at radius 1 is 0.273 bits per heavy atom. The van der Waals surface area contributed by atoms with E-state index >= 15 is 0 Å². The van der Waals surface area contributed by atoms with Gasteiger partial charge in [-0.25, -0.2) is 0 Å². The van der Waals surface area contributed by atoms with Crippen molar-refractivity contribution in [2.45, 2.75) is 250 Å². The molecule has 0 aromatic carbocycles. The Balaban J connectivity index is 0.531. The average molecular weight is 1880 g/mol. The molecule has 13 aliphatic rings. The maximum atomic E-state index is 14.5. The number of aliphatic carboxylic acids is 1. The molecule has 0 aromatic heterocycles. The van der Waals surface area contributed by atoms with E-state index in [1.807, 2.05) is 0 Å². The molecule has 132 heavy (non-hydrogen) atoms. The van der Waals surface area contributed by atoms with E-state index in [1.54, 1.807) is 0 Å². The molecule has 20 amide bonds. The van der Waals surface area contributed by atoms with Crippen molar-refractivity contribution in [3.05, 3.63) is 0 Å². The van der Waals surface area contributed by atoms with Crippen LogP contribution in [0, 0.1) is 0 Å². The van der Waals surface area contributed by atoms with Crippen molar-refractivity contribution < 1.29 is 136 Å². The van der Waals surface area contributed by atoms with E-state index in [2.05, 4.69) is 60.5 Å². The first-order valence-electron chi connectivity index (χ1n) is 45.5. The van der Waals surface area contributed by atoms with Crippen LogP contribution < -0.4 is 47.9 Å². The van der Waals surface area contributed by atoms with Crippen LogP contribution in [0.25, 0.3) is 0 Å². The fourth-order valence-corrected chi connectivity index (χ4v) is 21.1. The van der Waals surface area contributed by atoms with Crippen LogP contribution >= 0.6 is 12.6 Å². The highest BCUT2D eigenvalue weighted by Crippen LogP contribution is 2.34. The Kier molecular flexibility index (Phi) is 32.3. The Morgan fingerprint density at radius 2 is 0.500 bits per heavy atom. The fourth-order valence-electron chi connectivity index (χ4n) is 20.9. The number of nitrogens with one attached hydrogen (secondary N) is 9.